The van der Waals surface area contributed by atoms with Gasteiger partial charge in [0.2, 0.25) is 15.9 Å². The van der Waals surface area contributed by atoms with E-state index in [-0.39, 0.29) is 15.5 Å². The van der Waals surface area contributed by atoms with Crippen molar-refractivity contribution >= 4 is 33.5 Å². The van der Waals surface area contributed by atoms with E-state index in [4.69, 9.17) is 22.4 Å². The van der Waals surface area contributed by atoms with Crippen LogP contribution in [0.4, 0.5) is 0 Å². The van der Waals surface area contributed by atoms with Crippen molar-refractivity contribution in [2.75, 3.05) is 0 Å². The van der Waals surface area contributed by atoms with Crippen molar-refractivity contribution in [2.45, 2.75) is 17.9 Å². The summed E-state index contributed by atoms with van der Waals surface area (Å²) in [7, 11) is -4.00. The van der Waals surface area contributed by atoms with Gasteiger partial charge in [-0.15, -0.1) is 0 Å². The standard InChI is InChI=1S/C10H11ClN2O5S/c1-5(9(12)14)13-19(17,18)6-2-3-7(10(15)16)8(11)4-6/h2-5,13H,1H3,(H2,12,14)(H,15,16). The normalized spacial score (nSPS) is 12.9. The van der Waals surface area contributed by atoms with Crippen molar-refractivity contribution in [1.29, 1.82) is 0 Å². The molecule has 0 saturated carbocycles. The Morgan fingerprint density at radius 1 is 1.42 bits per heavy atom. The molecule has 4 N–H and O–H groups in total. The van der Waals surface area contributed by atoms with E-state index in [9.17, 15) is 18.0 Å². The lowest BCUT2D eigenvalue weighted by atomic mass is 10.2. The molecule has 0 heterocycles. The van der Waals surface area contributed by atoms with Crippen LogP contribution >= 0.6 is 11.6 Å². The minimum Gasteiger partial charge on any atom is -0.478 e. The Hall–Kier alpha value is -1.64. The predicted molar refractivity (Wildman–Crippen MR) is 67.4 cm³/mol. The maximum absolute atomic E-state index is 11.9. The number of carboxylic acid groups (broad SMARTS) is 1. The largest absolute Gasteiger partial charge is 0.478 e. The smallest absolute Gasteiger partial charge is 0.337 e. The fraction of sp³-hybridized carbons (Fsp3) is 0.200. The number of carboxylic acids is 1. The topological polar surface area (TPSA) is 127 Å². The Bertz CT molecular complexity index is 629. The molecule has 1 amide bonds. The Morgan fingerprint density at radius 3 is 2.42 bits per heavy atom. The highest BCUT2D eigenvalue weighted by atomic mass is 35.5. The number of carbonyl (C=O) groups excluding carboxylic acids is 1. The summed E-state index contributed by atoms with van der Waals surface area (Å²) in [4.78, 5) is 21.3. The predicted octanol–water partition coefficient (Wildman–Crippen LogP) is 0.190. The third-order valence-electron chi connectivity index (χ3n) is 2.24. The van der Waals surface area contributed by atoms with Gasteiger partial charge in [-0.05, 0) is 25.1 Å². The Labute approximate surface area is 114 Å². The van der Waals surface area contributed by atoms with Crippen LogP contribution in [0.1, 0.15) is 17.3 Å². The molecule has 0 aromatic heterocycles. The van der Waals surface area contributed by atoms with Gasteiger partial charge in [-0.2, -0.15) is 4.72 Å². The average molecular weight is 307 g/mol. The van der Waals surface area contributed by atoms with E-state index in [2.05, 4.69) is 0 Å². The Balaban J connectivity index is 3.13. The first-order valence-corrected chi connectivity index (χ1v) is 6.85. The number of carbonyl (C=O) groups is 2. The highest BCUT2D eigenvalue weighted by Gasteiger charge is 2.22. The summed E-state index contributed by atoms with van der Waals surface area (Å²) in [5.74, 6) is -2.11. The van der Waals surface area contributed by atoms with Crippen LogP contribution in [0.2, 0.25) is 5.02 Å². The lowest BCUT2D eigenvalue weighted by molar-refractivity contribution is -0.119. The second-order valence-electron chi connectivity index (χ2n) is 3.69. The van der Waals surface area contributed by atoms with Gasteiger partial charge in [-0.1, -0.05) is 11.6 Å². The van der Waals surface area contributed by atoms with Crippen molar-refractivity contribution in [1.82, 2.24) is 4.72 Å². The third-order valence-corrected chi connectivity index (χ3v) is 4.09. The van der Waals surface area contributed by atoms with Crippen molar-refractivity contribution < 1.29 is 23.1 Å². The molecule has 9 heteroatoms. The van der Waals surface area contributed by atoms with Crippen molar-refractivity contribution in [3.05, 3.63) is 28.8 Å². The number of benzene rings is 1. The second-order valence-corrected chi connectivity index (χ2v) is 5.81. The number of hydrogen-bond acceptors (Lipinski definition) is 4. The molecule has 1 aromatic rings. The first-order chi connectivity index (χ1) is 8.65. The van der Waals surface area contributed by atoms with Gasteiger partial charge in [0.1, 0.15) is 0 Å². The molecule has 0 fully saturated rings. The molecule has 0 radical (unpaired) electrons. The number of hydrogen-bond donors (Lipinski definition) is 3. The summed E-state index contributed by atoms with van der Waals surface area (Å²) in [6.07, 6.45) is 0. The van der Waals surface area contributed by atoms with Gasteiger partial charge in [0, 0.05) is 0 Å². The van der Waals surface area contributed by atoms with E-state index < -0.39 is 27.9 Å². The molecule has 0 saturated heterocycles. The molecule has 19 heavy (non-hydrogen) atoms. The fourth-order valence-corrected chi connectivity index (χ4v) is 2.76. The molecule has 1 atom stereocenters. The summed E-state index contributed by atoms with van der Waals surface area (Å²) in [6, 6.07) is 2.03. The van der Waals surface area contributed by atoms with E-state index in [1.165, 1.54) is 6.92 Å². The number of nitrogens with one attached hydrogen (secondary N) is 1. The first kappa shape index (κ1) is 15.4. The van der Waals surface area contributed by atoms with Crippen molar-refractivity contribution in [3.8, 4) is 0 Å². The zero-order valence-electron chi connectivity index (χ0n) is 9.75. The van der Waals surface area contributed by atoms with Crippen LogP contribution in [0, 0.1) is 0 Å². The lowest BCUT2D eigenvalue weighted by Gasteiger charge is -2.11. The minimum absolute atomic E-state index is 0.219. The number of nitrogens with two attached hydrogens (primary N) is 1. The Morgan fingerprint density at radius 2 is 2.00 bits per heavy atom. The van der Waals surface area contributed by atoms with Gasteiger partial charge < -0.3 is 10.8 Å². The monoisotopic (exact) mass is 306 g/mol. The van der Waals surface area contributed by atoms with E-state index in [0.717, 1.165) is 18.2 Å². The van der Waals surface area contributed by atoms with Crippen LogP contribution in [-0.4, -0.2) is 31.4 Å². The van der Waals surface area contributed by atoms with Gasteiger partial charge in [0.05, 0.1) is 21.5 Å². The van der Waals surface area contributed by atoms with Gasteiger partial charge in [-0.25, -0.2) is 13.2 Å². The zero-order chi connectivity index (χ0) is 14.8. The third kappa shape index (κ3) is 3.66. The highest BCUT2D eigenvalue weighted by molar-refractivity contribution is 7.89. The van der Waals surface area contributed by atoms with Crippen LogP contribution in [-0.2, 0) is 14.8 Å². The van der Waals surface area contributed by atoms with Gasteiger partial charge >= 0.3 is 5.97 Å². The molecule has 1 aromatic carbocycles. The summed E-state index contributed by atoms with van der Waals surface area (Å²) in [6.45, 7) is 1.28. The average Bonchev–Trinajstić information content (AvgIpc) is 2.27. The zero-order valence-corrected chi connectivity index (χ0v) is 11.3. The molecule has 0 spiro atoms. The molecular formula is C10H11ClN2O5S. The molecule has 7 nitrogen and oxygen atoms in total. The number of aromatic carboxylic acids is 1. The summed E-state index contributed by atoms with van der Waals surface area (Å²) >= 11 is 5.66. The quantitative estimate of drug-likeness (QED) is 0.715. The lowest BCUT2D eigenvalue weighted by Crippen LogP contribution is -2.42. The van der Waals surface area contributed by atoms with Crippen LogP contribution in [0.15, 0.2) is 23.1 Å². The number of sulfonamides is 1. The van der Waals surface area contributed by atoms with Gasteiger partial charge in [-0.3, -0.25) is 4.79 Å². The number of halogens is 1. The van der Waals surface area contributed by atoms with E-state index >= 15 is 0 Å². The summed E-state index contributed by atoms with van der Waals surface area (Å²) < 4.78 is 25.8. The van der Waals surface area contributed by atoms with Gasteiger partial charge in [0.15, 0.2) is 0 Å². The second kappa shape index (κ2) is 5.55. The molecule has 0 aliphatic heterocycles. The van der Waals surface area contributed by atoms with Crippen LogP contribution in [0.25, 0.3) is 0 Å². The van der Waals surface area contributed by atoms with Crippen molar-refractivity contribution in [3.63, 3.8) is 0 Å². The maximum atomic E-state index is 11.9. The molecule has 0 aliphatic carbocycles. The molecule has 1 unspecified atom stereocenters. The van der Waals surface area contributed by atoms with Crippen LogP contribution < -0.4 is 10.5 Å². The van der Waals surface area contributed by atoms with E-state index in [1.807, 2.05) is 4.72 Å². The molecule has 0 bridgehead atoms. The summed E-state index contributed by atoms with van der Waals surface area (Å²) in [5, 5.41) is 8.55. The number of primary amides is 1. The van der Waals surface area contributed by atoms with Crippen LogP contribution in [0.5, 0.6) is 0 Å². The first-order valence-electron chi connectivity index (χ1n) is 4.99. The van der Waals surface area contributed by atoms with E-state index in [0.29, 0.717) is 0 Å². The van der Waals surface area contributed by atoms with Crippen molar-refractivity contribution in [2.24, 2.45) is 5.73 Å². The molecular weight excluding hydrogens is 296 g/mol. The maximum Gasteiger partial charge on any atom is 0.337 e. The molecule has 104 valence electrons. The Kier molecular flexibility index (Phi) is 4.51. The van der Waals surface area contributed by atoms with E-state index in [1.54, 1.807) is 0 Å². The number of rotatable bonds is 5. The number of amides is 1. The minimum atomic E-state index is -4.00. The molecule has 0 aliphatic rings. The summed E-state index contributed by atoms with van der Waals surface area (Å²) in [5.41, 5.74) is 4.73. The SMILES string of the molecule is CC(NS(=O)(=O)c1ccc(C(=O)O)c(Cl)c1)C(N)=O. The molecule has 1 rings (SSSR count). The fourth-order valence-electron chi connectivity index (χ4n) is 1.20. The highest BCUT2D eigenvalue weighted by Crippen LogP contribution is 2.21. The van der Waals surface area contributed by atoms with Crippen LogP contribution in [0.3, 0.4) is 0 Å². The van der Waals surface area contributed by atoms with Gasteiger partial charge in [0.25, 0.3) is 0 Å².